The van der Waals surface area contributed by atoms with Crippen molar-refractivity contribution in [1.29, 1.82) is 0 Å². The number of nitrogens with zero attached hydrogens (tertiary/aromatic N) is 2. The first-order valence-electron chi connectivity index (χ1n) is 7.02. The maximum absolute atomic E-state index is 12.9. The van der Waals surface area contributed by atoms with Crippen LogP contribution in [0, 0.1) is 10.1 Å². The van der Waals surface area contributed by atoms with Crippen LogP contribution in [0.15, 0.2) is 53.4 Å². The third-order valence-corrected chi connectivity index (χ3v) is 5.26. The van der Waals surface area contributed by atoms with E-state index in [2.05, 4.69) is 0 Å². The molecule has 2 aromatic rings. The lowest BCUT2D eigenvalue weighted by Crippen LogP contribution is -2.31. The highest BCUT2D eigenvalue weighted by molar-refractivity contribution is 7.92. The van der Waals surface area contributed by atoms with E-state index in [0.717, 1.165) is 40.7 Å². The first-order valence-corrected chi connectivity index (χ1v) is 8.46. The second kappa shape index (κ2) is 6.71. The standard InChI is InChI=1S/C15H13F3N2O4S/c1-2-19(12-6-3-5-11(9-12)15(16,17)18)25(23,24)14-8-4-7-13(10-14)20(21)22/h3-10H,2H2,1H3. The molecule has 25 heavy (non-hydrogen) atoms. The molecule has 0 radical (unpaired) electrons. The van der Waals surface area contributed by atoms with Crippen LogP contribution in [-0.2, 0) is 16.2 Å². The molecule has 0 spiro atoms. The van der Waals surface area contributed by atoms with Crippen molar-refractivity contribution in [2.75, 3.05) is 10.8 Å². The molecule has 2 aromatic carbocycles. The summed E-state index contributed by atoms with van der Waals surface area (Å²) in [5.74, 6) is 0. The molecule has 0 unspecified atom stereocenters. The Bertz CT molecular complexity index is 898. The van der Waals surface area contributed by atoms with E-state index in [9.17, 15) is 31.7 Å². The van der Waals surface area contributed by atoms with Gasteiger partial charge in [0.25, 0.3) is 15.7 Å². The van der Waals surface area contributed by atoms with Crippen LogP contribution in [0.5, 0.6) is 0 Å². The minimum absolute atomic E-state index is 0.146. The van der Waals surface area contributed by atoms with Gasteiger partial charge >= 0.3 is 6.18 Å². The molecule has 6 nitrogen and oxygen atoms in total. The number of rotatable bonds is 5. The molecule has 0 heterocycles. The minimum atomic E-state index is -4.62. The van der Waals surface area contributed by atoms with Crippen molar-refractivity contribution in [3.63, 3.8) is 0 Å². The first kappa shape index (κ1) is 18.7. The Hall–Kier alpha value is -2.62. The molecule has 0 aromatic heterocycles. The molecule has 0 aliphatic heterocycles. The first-order chi connectivity index (χ1) is 11.6. The number of nitro groups is 1. The van der Waals surface area contributed by atoms with E-state index in [1.165, 1.54) is 19.1 Å². The van der Waals surface area contributed by atoms with Crippen molar-refractivity contribution in [2.45, 2.75) is 18.0 Å². The van der Waals surface area contributed by atoms with Crippen molar-refractivity contribution >= 4 is 21.4 Å². The Labute approximate surface area is 141 Å². The van der Waals surface area contributed by atoms with Crippen molar-refractivity contribution in [3.8, 4) is 0 Å². The molecule has 0 atom stereocenters. The third kappa shape index (κ3) is 3.90. The highest BCUT2D eigenvalue weighted by Crippen LogP contribution is 2.33. The SMILES string of the molecule is CCN(c1cccc(C(F)(F)F)c1)S(=O)(=O)c1cccc([N+](=O)[O-])c1. The summed E-state index contributed by atoms with van der Waals surface area (Å²) in [6.07, 6.45) is -4.62. The van der Waals surface area contributed by atoms with Crippen LogP contribution in [0.3, 0.4) is 0 Å². The molecule has 0 fully saturated rings. The van der Waals surface area contributed by atoms with Crippen LogP contribution in [-0.4, -0.2) is 19.9 Å². The van der Waals surface area contributed by atoms with Crippen LogP contribution in [0.25, 0.3) is 0 Å². The van der Waals surface area contributed by atoms with Crippen LogP contribution < -0.4 is 4.31 Å². The highest BCUT2D eigenvalue weighted by atomic mass is 32.2. The molecule has 134 valence electrons. The van der Waals surface area contributed by atoms with Gasteiger partial charge in [0.05, 0.1) is 21.1 Å². The summed E-state index contributed by atoms with van der Waals surface area (Å²) in [5.41, 5.74) is -1.59. The molecule has 0 saturated carbocycles. The molecule has 0 saturated heterocycles. The quantitative estimate of drug-likeness (QED) is 0.588. The minimum Gasteiger partial charge on any atom is -0.267 e. The molecule has 0 bridgehead atoms. The van der Waals surface area contributed by atoms with E-state index >= 15 is 0 Å². The van der Waals surface area contributed by atoms with Crippen molar-refractivity contribution in [2.24, 2.45) is 0 Å². The zero-order valence-corrected chi connectivity index (χ0v) is 13.7. The Morgan fingerprint density at radius 1 is 1.12 bits per heavy atom. The lowest BCUT2D eigenvalue weighted by atomic mass is 10.2. The number of halogens is 3. The molecular formula is C15H13F3N2O4S. The van der Waals surface area contributed by atoms with E-state index < -0.39 is 32.4 Å². The van der Waals surface area contributed by atoms with Gasteiger partial charge in [0.2, 0.25) is 0 Å². The Morgan fingerprint density at radius 2 is 1.76 bits per heavy atom. The highest BCUT2D eigenvalue weighted by Gasteiger charge is 2.32. The van der Waals surface area contributed by atoms with Crippen LogP contribution in [0.1, 0.15) is 12.5 Å². The van der Waals surface area contributed by atoms with Crippen molar-refractivity contribution in [1.82, 2.24) is 0 Å². The lowest BCUT2D eigenvalue weighted by Gasteiger charge is -2.23. The number of hydrogen-bond donors (Lipinski definition) is 0. The topological polar surface area (TPSA) is 80.5 Å². The van der Waals surface area contributed by atoms with Crippen molar-refractivity contribution < 1.29 is 26.5 Å². The van der Waals surface area contributed by atoms with E-state index in [1.807, 2.05) is 0 Å². The molecule has 10 heteroatoms. The van der Waals surface area contributed by atoms with Gasteiger partial charge in [-0.25, -0.2) is 8.42 Å². The summed E-state index contributed by atoms with van der Waals surface area (Å²) in [7, 11) is -4.26. The predicted octanol–water partition coefficient (Wildman–Crippen LogP) is 3.83. The monoisotopic (exact) mass is 374 g/mol. The number of benzene rings is 2. The molecule has 0 amide bonds. The van der Waals surface area contributed by atoms with Crippen molar-refractivity contribution in [3.05, 3.63) is 64.2 Å². The second-order valence-corrected chi connectivity index (χ2v) is 6.83. The summed E-state index contributed by atoms with van der Waals surface area (Å²) < 4.78 is 64.8. The van der Waals surface area contributed by atoms with Gasteiger partial charge in [-0.3, -0.25) is 14.4 Å². The Kier molecular flexibility index (Phi) is 5.02. The summed E-state index contributed by atoms with van der Waals surface area (Å²) in [6, 6.07) is 8.22. The van der Waals surface area contributed by atoms with Gasteiger partial charge in [0, 0.05) is 18.7 Å². The Morgan fingerprint density at radius 3 is 2.32 bits per heavy atom. The van der Waals surface area contributed by atoms with Crippen LogP contribution >= 0.6 is 0 Å². The average molecular weight is 374 g/mol. The summed E-state index contributed by atoms with van der Waals surface area (Å²) in [4.78, 5) is 9.69. The molecule has 0 aliphatic carbocycles. The number of hydrogen-bond acceptors (Lipinski definition) is 4. The zero-order valence-electron chi connectivity index (χ0n) is 12.9. The summed E-state index contributed by atoms with van der Waals surface area (Å²) >= 11 is 0. The van der Waals surface area contributed by atoms with Gasteiger partial charge in [-0.05, 0) is 31.2 Å². The molecule has 0 N–H and O–H groups in total. The van der Waals surface area contributed by atoms with E-state index in [-0.39, 0.29) is 17.1 Å². The lowest BCUT2D eigenvalue weighted by molar-refractivity contribution is -0.385. The predicted molar refractivity (Wildman–Crippen MR) is 84.7 cm³/mol. The number of nitro benzene ring substituents is 1. The molecule has 2 rings (SSSR count). The molecule has 0 aliphatic rings. The van der Waals surface area contributed by atoms with Gasteiger partial charge in [-0.1, -0.05) is 12.1 Å². The normalized spacial score (nSPS) is 12.0. The summed E-state index contributed by atoms with van der Waals surface area (Å²) in [5, 5.41) is 10.8. The van der Waals surface area contributed by atoms with Gasteiger partial charge in [0.15, 0.2) is 0 Å². The maximum atomic E-state index is 12.9. The maximum Gasteiger partial charge on any atom is 0.416 e. The molecular weight excluding hydrogens is 361 g/mol. The average Bonchev–Trinajstić information content (AvgIpc) is 2.55. The largest absolute Gasteiger partial charge is 0.416 e. The van der Waals surface area contributed by atoms with Crippen LogP contribution in [0.2, 0.25) is 0 Å². The fourth-order valence-corrected chi connectivity index (χ4v) is 3.72. The van der Waals surface area contributed by atoms with Crippen LogP contribution in [0.4, 0.5) is 24.5 Å². The summed E-state index contributed by atoms with van der Waals surface area (Å²) in [6.45, 7) is 1.31. The zero-order chi connectivity index (χ0) is 18.8. The van der Waals surface area contributed by atoms with E-state index in [1.54, 1.807) is 0 Å². The smallest absolute Gasteiger partial charge is 0.267 e. The van der Waals surface area contributed by atoms with E-state index in [4.69, 9.17) is 0 Å². The number of non-ortho nitro benzene ring substituents is 1. The van der Waals surface area contributed by atoms with E-state index in [0.29, 0.717) is 0 Å². The third-order valence-electron chi connectivity index (χ3n) is 3.37. The fraction of sp³-hybridized carbons (Fsp3) is 0.200. The number of sulfonamides is 1. The van der Waals surface area contributed by atoms with Gasteiger partial charge in [0.1, 0.15) is 0 Å². The number of anilines is 1. The van der Waals surface area contributed by atoms with Gasteiger partial charge < -0.3 is 0 Å². The van der Waals surface area contributed by atoms with Gasteiger partial charge in [-0.15, -0.1) is 0 Å². The number of alkyl halides is 3. The van der Waals surface area contributed by atoms with Gasteiger partial charge in [-0.2, -0.15) is 13.2 Å². The fourth-order valence-electron chi connectivity index (χ4n) is 2.21. The second-order valence-electron chi connectivity index (χ2n) is 4.97. The Balaban J connectivity index is 2.53.